The smallest absolute Gasteiger partial charge is 0.227 e. The number of piperidine rings is 1. The molecule has 9 heteroatoms. The fourth-order valence-corrected chi connectivity index (χ4v) is 6.18. The van der Waals surface area contributed by atoms with E-state index in [1.807, 2.05) is 6.33 Å². The maximum Gasteiger partial charge on any atom is 0.227 e. The third-order valence-electron chi connectivity index (χ3n) is 8.59. The van der Waals surface area contributed by atoms with Crippen LogP contribution in [0, 0.1) is 5.92 Å². The Hall–Kier alpha value is -1.97. The summed E-state index contributed by atoms with van der Waals surface area (Å²) in [5.41, 5.74) is 11.6. The molecule has 2 aliphatic carbocycles. The Labute approximate surface area is 230 Å². The van der Waals surface area contributed by atoms with Crippen molar-refractivity contribution in [3.05, 3.63) is 6.33 Å². The van der Waals surface area contributed by atoms with Crippen LogP contribution in [0.15, 0.2) is 6.33 Å². The summed E-state index contributed by atoms with van der Waals surface area (Å²) in [4.78, 5) is 14.7. The molecule has 5 N–H and O–H groups in total. The zero-order valence-corrected chi connectivity index (χ0v) is 24.2. The third kappa shape index (κ3) is 8.02. The quantitative estimate of drug-likeness (QED) is 0.322. The molecule has 0 spiro atoms. The SMILES string of the molecule is CCCCC1CCN(Nc2nc(NC3CCC(N)CC3)nc3c2ncn3C2CCCC2)CC1.CCNCC. The van der Waals surface area contributed by atoms with Gasteiger partial charge in [-0.1, -0.05) is 52.9 Å². The summed E-state index contributed by atoms with van der Waals surface area (Å²) >= 11 is 0. The van der Waals surface area contributed by atoms with Crippen LogP contribution in [0.25, 0.3) is 11.2 Å². The van der Waals surface area contributed by atoms with Crippen LogP contribution in [0.1, 0.15) is 110 Å². The third-order valence-corrected chi connectivity index (χ3v) is 8.59. The second kappa shape index (κ2) is 15.0. The lowest BCUT2D eigenvalue weighted by Crippen LogP contribution is -2.38. The molecule has 9 nitrogen and oxygen atoms in total. The van der Waals surface area contributed by atoms with Crippen molar-refractivity contribution in [1.29, 1.82) is 0 Å². The van der Waals surface area contributed by atoms with Gasteiger partial charge in [0.15, 0.2) is 17.0 Å². The zero-order chi connectivity index (χ0) is 26.7. The molecule has 3 heterocycles. The molecule has 2 aromatic rings. The van der Waals surface area contributed by atoms with Crippen molar-refractivity contribution in [2.24, 2.45) is 11.7 Å². The van der Waals surface area contributed by atoms with Crippen molar-refractivity contribution < 1.29 is 0 Å². The van der Waals surface area contributed by atoms with E-state index in [0.717, 1.165) is 80.7 Å². The van der Waals surface area contributed by atoms with Gasteiger partial charge < -0.3 is 26.4 Å². The van der Waals surface area contributed by atoms with Gasteiger partial charge in [0.2, 0.25) is 5.95 Å². The Kier molecular flexibility index (Phi) is 11.4. The van der Waals surface area contributed by atoms with Crippen molar-refractivity contribution in [2.45, 2.75) is 122 Å². The number of hydrogen-bond donors (Lipinski definition) is 4. The molecule has 3 aliphatic rings. The average Bonchev–Trinajstić information content (AvgIpc) is 3.61. The maximum atomic E-state index is 6.12. The summed E-state index contributed by atoms with van der Waals surface area (Å²) in [6.07, 6.45) is 17.8. The molecule has 0 atom stereocenters. The van der Waals surface area contributed by atoms with Crippen molar-refractivity contribution in [3.8, 4) is 0 Å². The molecule has 1 aliphatic heterocycles. The first-order valence-corrected chi connectivity index (χ1v) is 15.6. The molecule has 0 amide bonds. The highest BCUT2D eigenvalue weighted by Gasteiger charge is 2.25. The topological polar surface area (TPSA) is 109 Å². The first-order valence-electron chi connectivity index (χ1n) is 15.6. The molecule has 5 rings (SSSR count). The minimum atomic E-state index is 0.340. The predicted octanol–water partition coefficient (Wildman–Crippen LogP) is 5.47. The lowest BCUT2D eigenvalue weighted by Gasteiger charge is -2.32. The van der Waals surface area contributed by atoms with Crippen LogP contribution in [0.4, 0.5) is 11.8 Å². The highest BCUT2D eigenvalue weighted by molar-refractivity contribution is 5.84. The van der Waals surface area contributed by atoms with E-state index < -0.39 is 0 Å². The van der Waals surface area contributed by atoms with E-state index in [1.54, 1.807) is 0 Å². The predicted molar refractivity (Wildman–Crippen MR) is 158 cm³/mol. The number of unbranched alkanes of at least 4 members (excludes halogenated alkanes) is 1. The maximum absolute atomic E-state index is 6.12. The van der Waals surface area contributed by atoms with Crippen LogP contribution in [-0.2, 0) is 0 Å². The van der Waals surface area contributed by atoms with Crippen LogP contribution >= 0.6 is 0 Å². The summed E-state index contributed by atoms with van der Waals surface area (Å²) in [6.45, 7) is 10.8. The summed E-state index contributed by atoms with van der Waals surface area (Å²) in [5.74, 6) is 2.44. The normalized spacial score (nSPS) is 23.4. The van der Waals surface area contributed by atoms with Gasteiger partial charge in [-0.05, 0) is 70.4 Å². The largest absolute Gasteiger partial charge is 0.351 e. The summed E-state index contributed by atoms with van der Waals surface area (Å²) in [7, 11) is 0. The summed E-state index contributed by atoms with van der Waals surface area (Å²) in [6, 6.07) is 1.24. The highest BCUT2D eigenvalue weighted by Crippen LogP contribution is 2.34. The molecule has 3 fully saturated rings. The van der Waals surface area contributed by atoms with Gasteiger partial charge in [-0.15, -0.1) is 0 Å². The van der Waals surface area contributed by atoms with E-state index in [-0.39, 0.29) is 0 Å². The van der Waals surface area contributed by atoms with Crippen molar-refractivity contribution in [3.63, 3.8) is 0 Å². The van der Waals surface area contributed by atoms with Gasteiger partial charge in [-0.3, -0.25) is 0 Å². The molecule has 0 aromatic carbocycles. The summed E-state index contributed by atoms with van der Waals surface area (Å²) < 4.78 is 2.30. The number of nitrogens with zero attached hydrogens (tertiary/aromatic N) is 5. The highest BCUT2D eigenvalue weighted by atomic mass is 15.5. The lowest BCUT2D eigenvalue weighted by molar-refractivity contribution is 0.207. The van der Waals surface area contributed by atoms with E-state index in [2.05, 4.69) is 46.4 Å². The number of hydrogen-bond acceptors (Lipinski definition) is 8. The van der Waals surface area contributed by atoms with E-state index in [4.69, 9.17) is 20.7 Å². The number of fused-ring (bicyclic) bond motifs is 1. The minimum absolute atomic E-state index is 0.340. The molecular weight excluding hydrogens is 474 g/mol. The Morgan fingerprint density at radius 1 is 0.921 bits per heavy atom. The first kappa shape index (κ1) is 29.0. The van der Waals surface area contributed by atoms with Crippen molar-refractivity contribution in [2.75, 3.05) is 36.9 Å². The average molecular weight is 528 g/mol. The standard InChI is InChI=1S/C25H42N8.C4H11N/c1-2-3-6-18-13-15-32(16-14-18)31-23-22-24(33(17-27-22)21-7-4-5-8-21)30-25(29-23)28-20-11-9-19(26)10-12-20;1-3-5-4-2/h17-21H,2-16,26H2,1H3,(H2,28,29,30,31);5H,3-4H2,1-2H3. The van der Waals surface area contributed by atoms with Gasteiger partial charge in [-0.25, -0.2) is 9.99 Å². The lowest BCUT2D eigenvalue weighted by atomic mass is 9.92. The van der Waals surface area contributed by atoms with E-state index in [9.17, 15) is 0 Å². The Morgan fingerprint density at radius 3 is 2.26 bits per heavy atom. The van der Waals surface area contributed by atoms with Crippen LogP contribution in [0.2, 0.25) is 0 Å². The molecule has 2 saturated carbocycles. The second-order valence-corrected chi connectivity index (χ2v) is 11.6. The van der Waals surface area contributed by atoms with Crippen LogP contribution in [0.5, 0.6) is 0 Å². The Balaban J connectivity index is 0.000000617. The van der Waals surface area contributed by atoms with Gasteiger partial charge in [0.25, 0.3) is 0 Å². The Morgan fingerprint density at radius 2 is 1.63 bits per heavy atom. The number of hydrazine groups is 1. The van der Waals surface area contributed by atoms with Crippen LogP contribution < -0.4 is 21.8 Å². The minimum Gasteiger partial charge on any atom is -0.351 e. The van der Waals surface area contributed by atoms with Crippen LogP contribution in [-0.4, -0.2) is 62.8 Å². The fourth-order valence-electron chi connectivity index (χ4n) is 6.18. The van der Waals surface area contributed by atoms with Crippen molar-refractivity contribution in [1.82, 2.24) is 29.8 Å². The zero-order valence-electron chi connectivity index (χ0n) is 24.2. The molecule has 0 unspecified atom stereocenters. The first-order chi connectivity index (χ1) is 18.6. The molecule has 1 saturated heterocycles. The number of rotatable bonds is 10. The Bertz CT molecular complexity index is 937. The van der Waals surface area contributed by atoms with Gasteiger partial charge in [-0.2, -0.15) is 9.97 Å². The number of nitrogens with two attached hydrogens (primary N) is 1. The number of aromatic nitrogens is 4. The number of anilines is 2. The van der Waals surface area contributed by atoms with E-state index in [1.165, 1.54) is 57.8 Å². The second-order valence-electron chi connectivity index (χ2n) is 11.6. The van der Waals surface area contributed by atoms with Crippen molar-refractivity contribution >= 4 is 22.9 Å². The molecule has 0 bridgehead atoms. The fraction of sp³-hybridized carbons (Fsp3) is 0.828. The van der Waals surface area contributed by atoms with Gasteiger partial charge in [0.1, 0.15) is 0 Å². The molecular formula is C29H53N9. The summed E-state index contributed by atoms with van der Waals surface area (Å²) in [5, 5.41) is 9.08. The molecule has 38 heavy (non-hydrogen) atoms. The van der Waals surface area contributed by atoms with Gasteiger partial charge >= 0.3 is 0 Å². The van der Waals surface area contributed by atoms with Crippen LogP contribution in [0.3, 0.4) is 0 Å². The van der Waals surface area contributed by atoms with Gasteiger partial charge in [0, 0.05) is 31.2 Å². The number of imidazole rings is 1. The molecule has 214 valence electrons. The molecule has 2 aromatic heterocycles. The van der Waals surface area contributed by atoms with E-state index >= 15 is 0 Å². The van der Waals surface area contributed by atoms with Gasteiger partial charge in [0.05, 0.1) is 6.33 Å². The number of nitrogens with one attached hydrogen (secondary N) is 3. The molecule has 0 radical (unpaired) electrons. The monoisotopic (exact) mass is 527 g/mol. The van der Waals surface area contributed by atoms with E-state index in [0.29, 0.717) is 18.1 Å².